The van der Waals surface area contributed by atoms with E-state index in [1.54, 1.807) is 31.2 Å². The molecule has 0 radical (unpaired) electrons. The van der Waals surface area contributed by atoms with Crippen LogP contribution in [0.4, 0.5) is 19.3 Å². The lowest BCUT2D eigenvalue weighted by Gasteiger charge is -2.33. The highest BCUT2D eigenvalue weighted by molar-refractivity contribution is 6.30. The summed E-state index contributed by atoms with van der Waals surface area (Å²) in [5.74, 6) is -2.54. The largest absolute Gasteiger partial charge is 0.354 e. The lowest BCUT2D eigenvalue weighted by molar-refractivity contribution is -0.123. The van der Waals surface area contributed by atoms with Gasteiger partial charge in [0.15, 0.2) is 0 Å². The van der Waals surface area contributed by atoms with E-state index >= 15 is 0 Å². The van der Waals surface area contributed by atoms with Gasteiger partial charge >= 0.3 is 6.03 Å². The van der Waals surface area contributed by atoms with E-state index in [0.717, 1.165) is 0 Å². The van der Waals surface area contributed by atoms with Crippen LogP contribution in [0, 0.1) is 11.6 Å². The summed E-state index contributed by atoms with van der Waals surface area (Å²) in [6.07, 6.45) is 0.371. The maximum atomic E-state index is 14.6. The van der Waals surface area contributed by atoms with Crippen LogP contribution in [0.2, 0.25) is 5.02 Å². The molecular weight excluding hydrogens is 388 g/mol. The highest BCUT2D eigenvalue weighted by Crippen LogP contribution is 2.31. The van der Waals surface area contributed by atoms with Gasteiger partial charge in [0.2, 0.25) is 5.91 Å². The zero-order valence-corrected chi connectivity index (χ0v) is 15.9. The van der Waals surface area contributed by atoms with Crippen molar-refractivity contribution in [1.82, 2.24) is 10.6 Å². The molecule has 148 valence electrons. The van der Waals surface area contributed by atoms with Gasteiger partial charge < -0.3 is 16.0 Å². The third-order valence-corrected chi connectivity index (χ3v) is 5.00. The molecule has 1 fully saturated rings. The van der Waals surface area contributed by atoms with Crippen LogP contribution in [0.3, 0.4) is 0 Å². The molecule has 1 aliphatic heterocycles. The Bertz CT molecular complexity index is 867. The van der Waals surface area contributed by atoms with Crippen LogP contribution in [0.25, 0.3) is 0 Å². The lowest BCUT2D eigenvalue weighted by Crippen LogP contribution is -2.53. The number of carbonyl (C=O) groups excluding carboxylic acids is 2. The van der Waals surface area contributed by atoms with Gasteiger partial charge in [0.1, 0.15) is 11.6 Å². The van der Waals surface area contributed by atoms with Crippen molar-refractivity contribution >= 4 is 29.2 Å². The molecule has 0 bridgehead atoms. The van der Waals surface area contributed by atoms with Gasteiger partial charge in [-0.05, 0) is 48.4 Å². The van der Waals surface area contributed by atoms with Gasteiger partial charge in [-0.2, -0.15) is 0 Å². The zero-order chi connectivity index (χ0) is 20.3. The van der Waals surface area contributed by atoms with Crippen LogP contribution >= 0.6 is 11.6 Å². The first-order valence-corrected chi connectivity index (χ1v) is 9.32. The molecule has 5 nitrogen and oxygen atoms in total. The summed E-state index contributed by atoms with van der Waals surface area (Å²) >= 11 is 5.82. The molecule has 0 saturated carbocycles. The molecule has 0 aromatic heterocycles. The number of amides is 3. The normalized spacial score (nSPS) is 19.1. The van der Waals surface area contributed by atoms with E-state index in [0.29, 0.717) is 22.7 Å². The topological polar surface area (TPSA) is 70.2 Å². The second kappa shape index (κ2) is 8.56. The first-order chi connectivity index (χ1) is 13.4. The maximum Gasteiger partial charge on any atom is 0.319 e. The molecule has 2 aromatic carbocycles. The minimum atomic E-state index is -0.810. The summed E-state index contributed by atoms with van der Waals surface area (Å²) in [7, 11) is 0. The number of hydrogen-bond acceptors (Lipinski definition) is 2. The monoisotopic (exact) mass is 407 g/mol. The average molecular weight is 408 g/mol. The summed E-state index contributed by atoms with van der Waals surface area (Å²) < 4.78 is 29.2. The summed E-state index contributed by atoms with van der Waals surface area (Å²) in [4.78, 5) is 24.2. The fraction of sp³-hybridized carbons (Fsp3) is 0.300. The minimum Gasteiger partial charge on any atom is -0.354 e. The van der Waals surface area contributed by atoms with Crippen LogP contribution in [-0.4, -0.2) is 24.5 Å². The van der Waals surface area contributed by atoms with E-state index in [2.05, 4.69) is 16.0 Å². The number of carbonyl (C=O) groups is 2. The Labute approximate surface area is 166 Å². The van der Waals surface area contributed by atoms with Crippen molar-refractivity contribution < 1.29 is 18.4 Å². The molecule has 0 spiro atoms. The number of anilines is 1. The van der Waals surface area contributed by atoms with Gasteiger partial charge in [-0.1, -0.05) is 18.5 Å². The third-order valence-electron chi connectivity index (χ3n) is 4.75. The van der Waals surface area contributed by atoms with Gasteiger partial charge in [0.25, 0.3) is 0 Å². The predicted molar refractivity (Wildman–Crippen MR) is 103 cm³/mol. The molecular formula is C20H20ClF2N3O2. The standard InChI is InChI=1S/C20H20ClF2N3O2/c1-2-11-7-15(22)19(16(23)8-11)14-9-18(27)24-10-17(14)26-20(28)25-13-5-3-12(21)4-6-13/h3-8,14,17H,2,9-10H2,1H3,(H,24,27)(H2,25,26,28)/t14-,17-/m0/s1. The van der Waals surface area contributed by atoms with Crippen LogP contribution in [0.15, 0.2) is 36.4 Å². The summed E-state index contributed by atoms with van der Waals surface area (Å²) in [6, 6.07) is 7.85. The molecule has 1 heterocycles. The highest BCUT2D eigenvalue weighted by atomic mass is 35.5. The van der Waals surface area contributed by atoms with Gasteiger partial charge in [0, 0.05) is 35.2 Å². The minimum absolute atomic E-state index is 0.0753. The molecule has 3 rings (SSSR count). The van der Waals surface area contributed by atoms with E-state index in [1.807, 2.05) is 0 Å². The summed E-state index contributed by atoms with van der Waals surface area (Å²) in [6.45, 7) is 1.87. The quantitative estimate of drug-likeness (QED) is 0.717. The van der Waals surface area contributed by atoms with Crippen molar-refractivity contribution in [2.45, 2.75) is 31.7 Å². The molecule has 2 atom stereocenters. The molecule has 28 heavy (non-hydrogen) atoms. The van der Waals surface area contributed by atoms with Crippen molar-refractivity contribution in [3.8, 4) is 0 Å². The molecule has 1 aliphatic rings. The number of urea groups is 1. The first-order valence-electron chi connectivity index (χ1n) is 8.95. The summed E-state index contributed by atoms with van der Waals surface area (Å²) in [5.41, 5.74) is 0.871. The van der Waals surface area contributed by atoms with Crippen molar-refractivity contribution in [1.29, 1.82) is 0 Å². The van der Waals surface area contributed by atoms with Crippen molar-refractivity contribution in [3.63, 3.8) is 0 Å². The molecule has 8 heteroatoms. The van der Waals surface area contributed by atoms with Gasteiger partial charge in [-0.15, -0.1) is 0 Å². The Kier molecular flexibility index (Phi) is 6.14. The third kappa shape index (κ3) is 4.59. The average Bonchev–Trinajstić information content (AvgIpc) is 2.65. The lowest BCUT2D eigenvalue weighted by atomic mass is 9.84. The smallest absolute Gasteiger partial charge is 0.319 e. The first kappa shape index (κ1) is 20.1. The Morgan fingerprint density at radius 2 is 1.86 bits per heavy atom. The molecule has 1 saturated heterocycles. The maximum absolute atomic E-state index is 14.6. The number of halogens is 3. The van der Waals surface area contributed by atoms with E-state index in [-0.39, 0.29) is 24.4 Å². The van der Waals surface area contributed by atoms with E-state index in [9.17, 15) is 18.4 Å². The highest BCUT2D eigenvalue weighted by Gasteiger charge is 2.35. The Morgan fingerprint density at radius 3 is 2.46 bits per heavy atom. The van der Waals surface area contributed by atoms with Crippen LogP contribution in [0.1, 0.15) is 30.4 Å². The molecule has 3 N–H and O–H groups in total. The Hall–Kier alpha value is -2.67. The number of piperidine rings is 1. The van der Waals surface area contributed by atoms with Gasteiger partial charge in [-0.3, -0.25) is 4.79 Å². The molecule has 2 aromatic rings. The predicted octanol–water partition coefficient (Wildman–Crippen LogP) is 3.97. The van der Waals surface area contributed by atoms with Crippen LogP contribution in [-0.2, 0) is 11.2 Å². The van der Waals surface area contributed by atoms with E-state index < -0.39 is 29.6 Å². The molecule has 0 aliphatic carbocycles. The van der Waals surface area contributed by atoms with Gasteiger partial charge in [0.05, 0.1) is 6.04 Å². The fourth-order valence-corrected chi connectivity index (χ4v) is 3.42. The second-order valence-electron chi connectivity index (χ2n) is 6.65. The van der Waals surface area contributed by atoms with E-state index in [4.69, 9.17) is 11.6 Å². The van der Waals surface area contributed by atoms with Crippen molar-refractivity contribution in [2.75, 3.05) is 11.9 Å². The number of aryl methyl sites for hydroxylation is 1. The summed E-state index contributed by atoms with van der Waals surface area (Å²) in [5, 5.41) is 8.50. The Morgan fingerprint density at radius 1 is 1.21 bits per heavy atom. The fourth-order valence-electron chi connectivity index (χ4n) is 3.30. The SMILES string of the molecule is CCc1cc(F)c([C@H]2CC(=O)NC[C@@H]2NC(=O)Nc2ccc(Cl)cc2)c(F)c1. The Balaban J connectivity index is 1.80. The van der Waals surface area contributed by atoms with E-state index in [1.165, 1.54) is 12.1 Å². The number of nitrogens with one attached hydrogen (secondary N) is 3. The zero-order valence-electron chi connectivity index (χ0n) is 15.2. The van der Waals surface area contributed by atoms with Crippen molar-refractivity contribution in [3.05, 3.63) is 64.2 Å². The molecule has 0 unspecified atom stereocenters. The number of benzene rings is 2. The van der Waals surface area contributed by atoms with Crippen LogP contribution < -0.4 is 16.0 Å². The van der Waals surface area contributed by atoms with Crippen molar-refractivity contribution in [2.24, 2.45) is 0 Å². The number of hydrogen-bond donors (Lipinski definition) is 3. The van der Waals surface area contributed by atoms with Crippen LogP contribution in [0.5, 0.6) is 0 Å². The molecule has 3 amide bonds. The second-order valence-corrected chi connectivity index (χ2v) is 7.09. The number of rotatable bonds is 4. The van der Waals surface area contributed by atoms with Gasteiger partial charge in [-0.25, -0.2) is 13.6 Å².